The Balaban J connectivity index is 1.95. The van der Waals surface area contributed by atoms with E-state index in [1.54, 1.807) is 16.8 Å². The predicted octanol–water partition coefficient (Wildman–Crippen LogP) is 2.05. The number of carbonyl (C=O) groups is 2. The highest BCUT2D eigenvalue weighted by Gasteiger charge is 2.11. The quantitative estimate of drug-likeness (QED) is 0.665. The minimum atomic E-state index is -1.06. The largest absolute Gasteiger partial charge is 0.484 e. The Bertz CT molecular complexity index is 936. The molecule has 2 heterocycles. The molecule has 8 nitrogen and oxygen atoms in total. The molecule has 0 spiro atoms. The van der Waals surface area contributed by atoms with E-state index in [0.717, 1.165) is 27.9 Å². The molecule has 3 aromatic rings. The summed E-state index contributed by atoms with van der Waals surface area (Å²) in [5.41, 5.74) is 4.19. The van der Waals surface area contributed by atoms with Crippen molar-refractivity contribution < 1.29 is 19.4 Å². The van der Waals surface area contributed by atoms with Crippen LogP contribution in [0.5, 0.6) is 5.75 Å². The summed E-state index contributed by atoms with van der Waals surface area (Å²) in [5.74, 6) is 0.535. The number of carbonyl (C=O) groups excluding carboxylic acids is 1. The molecule has 0 saturated heterocycles. The number of nitrogens with zero attached hydrogens (tertiary/aromatic N) is 3. The van der Waals surface area contributed by atoms with E-state index in [1.807, 2.05) is 25.1 Å². The van der Waals surface area contributed by atoms with E-state index in [9.17, 15) is 9.59 Å². The number of hydrogen-bond acceptors (Lipinski definition) is 5. The third-order valence-electron chi connectivity index (χ3n) is 3.74. The number of aromatic nitrogens is 3. The van der Waals surface area contributed by atoms with Crippen LogP contribution in [0.25, 0.3) is 16.8 Å². The number of carboxylic acid groups (broad SMARTS) is 1. The lowest BCUT2D eigenvalue weighted by molar-refractivity contribution is -0.109. The average molecular weight is 340 g/mol. The summed E-state index contributed by atoms with van der Waals surface area (Å²) in [5, 5.41) is 15.2. The summed E-state index contributed by atoms with van der Waals surface area (Å²) < 4.78 is 6.94. The highest BCUT2D eigenvalue weighted by atomic mass is 16.5. The van der Waals surface area contributed by atoms with Crippen molar-refractivity contribution in [1.29, 1.82) is 0 Å². The molecule has 0 unspecified atom stereocenters. The summed E-state index contributed by atoms with van der Waals surface area (Å²) in [6, 6.07) is 7.47. The second-order valence-electron chi connectivity index (χ2n) is 5.39. The number of rotatable bonds is 6. The molecule has 0 aliphatic rings. The van der Waals surface area contributed by atoms with Crippen LogP contribution in [0.3, 0.4) is 0 Å². The molecule has 25 heavy (non-hydrogen) atoms. The number of nitrogens with one attached hydrogen (secondary N) is 1. The molecule has 0 saturated carbocycles. The number of hydrogen-bond donors (Lipinski definition) is 2. The molecule has 128 valence electrons. The molecule has 0 bridgehead atoms. The standard InChI is InChI=1S/C17H16N4O4/c1-11-6-12(2-3-13(11)8-18-17(23)24)16-15-7-14(25-5-4-22)9-21(15)20-10-19-16/h2-4,6-7,9-10,18H,5,8H2,1H3,(H,23,24). The first-order valence-electron chi connectivity index (χ1n) is 7.55. The highest BCUT2D eigenvalue weighted by molar-refractivity contribution is 5.78. The molecule has 3 rings (SSSR count). The predicted molar refractivity (Wildman–Crippen MR) is 89.6 cm³/mol. The van der Waals surface area contributed by atoms with Crippen molar-refractivity contribution in [3.8, 4) is 17.0 Å². The van der Waals surface area contributed by atoms with Crippen LogP contribution in [0.2, 0.25) is 0 Å². The fraction of sp³-hybridized carbons (Fsp3) is 0.176. The van der Waals surface area contributed by atoms with E-state index in [0.29, 0.717) is 12.0 Å². The SMILES string of the molecule is Cc1cc(-c2ncnn3cc(OCC=O)cc23)ccc1CNC(=O)O. The topological polar surface area (TPSA) is 106 Å². The van der Waals surface area contributed by atoms with Gasteiger partial charge in [-0.05, 0) is 24.1 Å². The molecular formula is C17H16N4O4. The minimum Gasteiger partial charge on any atom is -0.484 e. The first-order chi connectivity index (χ1) is 12.1. The van der Waals surface area contributed by atoms with Crippen LogP contribution in [-0.4, -0.2) is 38.7 Å². The van der Waals surface area contributed by atoms with Crippen molar-refractivity contribution >= 4 is 17.9 Å². The zero-order chi connectivity index (χ0) is 17.8. The third kappa shape index (κ3) is 3.57. The van der Waals surface area contributed by atoms with Crippen LogP contribution in [0.1, 0.15) is 11.1 Å². The number of amides is 1. The fourth-order valence-corrected chi connectivity index (χ4v) is 2.55. The second kappa shape index (κ2) is 7.00. The lowest BCUT2D eigenvalue weighted by Gasteiger charge is -2.09. The van der Waals surface area contributed by atoms with Crippen LogP contribution >= 0.6 is 0 Å². The zero-order valence-corrected chi connectivity index (χ0v) is 13.5. The maximum atomic E-state index is 10.6. The van der Waals surface area contributed by atoms with Crippen molar-refractivity contribution in [3.63, 3.8) is 0 Å². The van der Waals surface area contributed by atoms with Gasteiger partial charge in [0, 0.05) is 18.2 Å². The van der Waals surface area contributed by atoms with Gasteiger partial charge in [0.25, 0.3) is 0 Å². The van der Waals surface area contributed by atoms with E-state index in [-0.39, 0.29) is 13.2 Å². The van der Waals surface area contributed by atoms with Crippen LogP contribution in [-0.2, 0) is 11.3 Å². The molecule has 0 atom stereocenters. The van der Waals surface area contributed by atoms with Crippen LogP contribution in [0.15, 0.2) is 36.8 Å². The maximum absolute atomic E-state index is 10.6. The maximum Gasteiger partial charge on any atom is 0.404 e. The molecule has 0 aliphatic carbocycles. The van der Waals surface area contributed by atoms with Gasteiger partial charge in [-0.15, -0.1) is 0 Å². The Hall–Kier alpha value is -3.42. The van der Waals surface area contributed by atoms with Gasteiger partial charge < -0.3 is 15.2 Å². The first kappa shape index (κ1) is 16.4. The van der Waals surface area contributed by atoms with Crippen LogP contribution in [0, 0.1) is 6.92 Å². The number of aldehydes is 1. The van der Waals surface area contributed by atoms with Gasteiger partial charge in [0.1, 0.15) is 18.7 Å². The molecule has 8 heteroatoms. The fourth-order valence-electron chi connectivity index (χ4n) is 2.55. The summed E-state index contributed by atoms with van der Waals surface area (Å²) >= 11 is 0. The Labute approximate surface area is 143 Å². The Morgan fingerprint density at radius 1 is 1.40 bits per heavy atom. The van der Waals surface area contributed by atoms with Gasteiger partial charge in [-0.1, -0.05) is 12.1 Å². The van der Waals surface area contributed by atoms with Gasteiger partial charge in [-0.25, -0.2) is 14.3 Å². The van der Waals surface area contributed by atoms with Gasteiger partial charge in [0.15, 0.2) is 6.29 Å². The first-order valence-corrected chi connectivity index (χ1v) is 7.55. The number of fused-ring (bicyclic) bond motifs is 1. The van der Waals surface area contributed by atoms with Crippen LogP contribution < -0.4 is 10.1 Å². The normalized spacial score (nSPS) is 10.6. The molecule has 2 N–H and O–H groups in total. The van der Waals surface area contributed by atoms with Gasteiger partial charge in [-0.3, -0.25) is 4.79 Å². The molecule has 0 radical (unpaired) electrons. The van der Waals surface area contributed by atoms with Crippen LogP contribution in [0.4, 0.5) is 4.79 Å². The number of aryl methyl sites for hydroxylation is 1. The van der Waals surface area contributed by atoms with Gasteiger partial charge in [0.05, 0.1) is 17.4 Å². The minimum absolute atomic E-state index is 0.0238. The summed E-state index contributed by atoms with van der Waals surface area (Å²) in [6.07, 6.45) is 2.75. The van der Waals surface area contributed by atoms with Gasteiger partial charge in [0.2, 0.25) is 0 Å². The third-order valence-corrected chi connectivity index (χ3v) is 3.74. The smallest absolute Gasteiger partial charge is 0.404 e. The van der Waals surface area contributed by atoms with E-state index in [4.69, 9.17) is 9.84 Å². The summed E-state index contributed by atoms with van der Waals surface area (Å²) in [6.45, 7) is 2.14. The summed E-state index contributed by atoms with van der Waals surface area (Å²) in [4.78, 5) is 25.4. The molecule has 2 aromatic heterocycles. The van der Waals surface area contributed by atoms with E-state index in [2.05, 4.69) is 15.4 Å². The molecular weight excluding hydrogens is 324 g/mol. The van der Waals surface area contributed by atoms with Crippen molar-refractivity contribution in [2.24, 2.45) is 0 Å². The zero-order valence-electron chi connectivity index (χ0n) is 13.5. The number of benzene rings is 1. The molecule has 0 fully saturated rings. The lowest BCUT2D eigenvalue weighted by Crippen LogP contribution is -2.20. The average Bonchev–Trinajstić information content (AvgIpc) is 3.01. The monoisotopic (exact) mass is 340 g/mol. The van der Waals surface area contributed by atoms with Gasteiger partial charge in [-0.2, -0.15) is 5.10 Å². The van der Waals surface area contributed by atoms with Crippen molar-refractivity contribution in [2.45, 2.75) is 13.5 Å². The Kier molecular flexibility index (Phi) is 4.60. The van der Waals surface area contributed by atoms with E-state index < -0.39 is 6.09 Å². The molecule has 1 aromatic carbocycles. The van der Waals surface area contributed by atoms with Crippen molar-refractivity contribution in [3.05, 3.63) is 47.9 Å². The van der Waals surface area contributed by atoms with Crippen molar-refractivity contribution in [2.75, 3.05) is 6.61 Å². The molecule has 1 amide bonds. The van der Waals surface area contributed by atoms with E-state index >= 15 is 0 Å². The highest BCUT2D eigenvalue weighted by Crippen LogP contribution is 2.27. The van der Waals surface area contributed by atoms with Crippen molar-refractivity contribution in [1.82, 2.24) is 19.9 Å². The lowest BCUT2D eigenvalue weighted by atomic mass is 10.0. The molecule has 0 aliphatic heterocycles. The second-order valence-corrected chi connectivity index (χ2v) is 5.39. The summed E-state index contributed by atoms with van der Waals surface area (Å²) in [7, 11) is 0. The Morgan fingerprint density at radius 2 is 2.24 bits per heavy atom. The van der Waals surface area contributed by atoms with Gasteiger partial charge >= 0.3 is 6.09 Å². The number of ether oxygens (including phenoxy) is 1. The Morgan fingerprint density at radius 3 is 2.96 bits per heavy atom. The van der Waals surface area contributed by atoms with E-state index in [1.165, 1.54) is 6.33 Å².